The molecule has 0 spiro atoms. The third-order valence-corrected chi connectivity index (χ3v) is 8.74. The molecule has 15 heteroatoms. The summed E-state index contributed by atoms with van der Waals surface area (Å²) in [5, 5.41) is 5.12. The molecule has 0 unspecified atom stereocenters. The Morgan fingerprint density at radius 1 is 1.10 bits per heavy atom. The lowest BCUT2D eigenvalue weighted by atomic mass is 10.1. The fourth-order valence-electron chi connectivity index (χ4n) is 4.73. The fraction of sp³-hybridized carbons (Fsp3) is 0.520. The van der Waals surface area contributed by atoms with Crippen LogP contribution in [0.25, 0.3) is 5.57 Å². The van der Waals surface area contributed by atoms with E-state index in [1.807, 2.05) is 11.5 Å². The van der Waals surface area contributed by atoms with Crippen molar-refractivity contribution in [3.63, 3.8) is 0 Å². The number of anilines is 2. The Morgan fingerprint density at radius 3 is 2.62 bits per heavy atom. The first-order valence-corrected chi connectivity index (χ1v) is 15.3. The summed E-state index contributed by atoms with van der Waals surface area (Å²) in [7, 11) is -1.26. The van der Waals surface area contributed by atoms with Gasteiger partial charge in [0.2, 0.25) is 5.95 Å². The van der Waals surface area contributed by atoms with E-state index in [0.29, 0.717) is 41.9 Å². The van der Waals surface area contributed by atoms with E-state index >= 15 is 0 Å². The van der Waals surface area contributed by atoms with Gasteiger partial charge in [0.1, 0.15) is 17.3 Å². The summed E-state index contributed by atoms with van der Waals surface area (Å²) in [5.41, 5.74) is 3.38. The fourth-order valence-corrected chi connectivity index (χ4v) is 6.18. The van der Waals surface area contributed by atoms with Gasteiger partial charge < -0.3 is 15.0 Å². The van der Waals surface area contributed by atoms with E-state index in [-0.39, 0.29) is 6.61 Å². The normalized spacial score (nSPS) is 18.6. The van der Waals surface area contributed by atoms with E-state index in [9.17, 15) is 13.8 Å². The maximum Gasteiger partial charge on any atom is 0.414 e. The summed E-state index contributed by atoms with van der Waals surface area (Å²) in [6.45, 7) is 4.65. The van der Waals surface area contributed by atoms with Crippen molar-refractivity contribution in [1.82, 2.24) is 25.3 Å². The third-order valence-electron chi connectivity index (χ3n) is 6.76. The molecular weight excluding hydrogens is 601 g/mol. The first-order valence-electron chi connectivity index (χ1n) is 12.8. The molecular formula is C25H28Cl3N7O4S. The van der Waals surface area contributed by atoms with Crippen molar-refractivity contribution < 1.29 is 18.5 Å². The van der Waals surface area contributed by atoms with E-state index in [0.717, 1.165) is 48.5 Å². The minimum absolute atomic E-state index is 0.163. The Hall–Kier alpha value is -2.54. The predicted molar refractivity (Wildman–Crippen MR) is 153 cm³/mol. The number of hydrogen-bond acceptors (Lipinski definition) is 10. The average Bonchev–Trinajstić information content (AvgIpc) is 3.53. The number of amides is 2. The third kappa shape index (κ3) is 6.50. The molecule has 0 fully saturated rings. The Bertz CT molecular complexity index is 1410. The Balaban J connectivity index is 1.29. The summed E-state index contributed by atoms with van der Waals surface area (Å²) in [5.74, 6) is 1.06. The van der Waals surface area contributed by atoms with E-state index in [1.54, 1.807) is 13.8 Å². The Kier molecular flexibility index (Phi) is 8.24. The summed E-state index contributed by atoms with van der Waals surface area (Å²) in [4.78, 5) is 45.2. The minimum Gasteiger partial charge on any atom is -0.447 e. The number of fused-ring (bicyclic) bond motifs is 2. The van der Waals surface area contributed by atoms with Crippen molar-refractivity contribution >= 4 is 74.9 Å². The first-order chi connectivity index (χ1) is 18.9. The van der Waals surface area contributed by atoms with Gasteiger partial charge in [-0.25, -0.2) is 19.7 Å². The van der Waals surface area contributed by atoms with Gasteiger partial charge in [-0.1, -0.05) is 40.9 Å². The maximum absolute atomic E-state index is 12.8. The van der Waals surface area contributed by atoms with Crippen LogP contribution in [0.4, 0.5) is 16.6 Å². The Morgan fingerprint density at radius 2 is 1.90 bits per heavy atom. The summed E-state index contributed by atoms with van der Waals surface area (Å²) in [6, 6.07) is 0. The number of ether oxygens (including phenoxy) is 1. The molecule has 0 bridgehead atoms. The molecule has 0 saturated heterocycles. The maximum atomic E-state index is 12.8. The number of nitrogens with zero attached hydrogens (tertiary/aromatic N) is 5. The number of hydrogen-bond donors (Lipinski definition) is 2. The molecule has 5 rings (SSSR count). The smallest absolute Gasteiger partial charge is 0.414 e. The standard InChI is InChI=1S/C25H28Cl3N7O4S/c1-24(2,13-39-23(37)33-21(36)25(26,27)28)34-20-18-17(8-11-40(18)38)31-22(32-20)35-9-6-14(7-10-35)19-29-12-15-4-3-5-16(15)30-19/h6,12H,3-5,7-11,13H2,1-2H3,(H,31,32,34)(H,33,36,37)/t40-/m1/s1. The van der Waals surface area contributed by atoms with E-state index in [4.69, 9.17) is 54.5 Å². The molecule has 1 aliphatic carbocycles. The van der Waals surface area contributed by atoms with Crippen LogP contribution in [0, 0.1) is 0 Å². The summed E-state index contributed by atoms with van der Waals surface area (Å²) >= 11 is 16.4. The topological polar surface area (TPSA) is 139 Å². The number of halogens is 3. The molecule has 0 saturated carbocycles. The van der Waals surface area contributed by atoms with Crippen molar-refractivity contribution in [2.24, 2.45) is 0 Å². The zero-order valence-corrected chi connectivity index (χ0v) is 25.0. The highest BCUT2D eigenvalue weighted by atomic mass is 35.6. The monoisotopic (exact) mass is 627 g/mol. The highest BCUT2D eigenvalue weighted by molar-refractivity contribution is 7.85. The van der Waals surface area contributed by atoms with Gasteiger partial charge in [-0.2, -0.15) is 4.98 Å². The predicted octanol–water partition coefficient (Wildman–Crippen LogP) is 3.53. The molecule has 11 nitrogen and oxygen atoms in total. The lowest BCUT2D eigenvalue weighted by molar-refractivity contribution is -0.119. The highest BCUT2D eigenvalue weighted by Crippen LogP contribution is 2.33. The van der Waals surface area contributed by atoms with Gasteiger partial charge in [-0.3, -0.25) is 14.3 Å². The molecule has 0 aromatic carbocycles. The molecule has 2 N–H and O–H groups in total. The van der Waals surface area contributed by atoms with Crippen molar-refractivity contribution in [2.75, 3.05) is 35.7 Å². The second-order valence-corrected chi connectivity index (χ2v) is 14.2. The number of imide groups is 1. The first kappa shape index (κ1) is 29.0. The molecule has 214 valence electrons. The molecule has 2 aliphatic heterocycles. The molecule has 40 heavy (non-hydrogen) atoms. The Labute approximate surface area is 248 Å². The van der Waals surface area contributed by atoms with Crippen molar-refractivity contribution in [3.8, 4) is 0 Å². The highest BCUT2D eigenvalue weighted by Gasteiger charge is 2.34. The van der Waals surface area contributed by atoms with Crippen molar-refractivity contribution in [1.29, 1.82) is 0 Å². The minimum atomic E-state index is -2.30. The number of carbonyl (C=O) groups is 2. The van der Waals surface area contributed by atoms with E-state index in [2.05, 4.69) is 21.3 Å². The number of alkyl halides is 3. The molecule has 3 aliphatic rings. The number of carbonyl (C=O) groups excluding carboxylic acids is 2. The largest absolute Gasteiger partial charge is 0.447 e. The average molecular weight is 629 g/mol. The molecule has 2 amide bonds. The van der Waals surface area contributed by atoms with E-state index < -0.39 is 32.1 Å². The van der Waals surface area contributed by atoms with Gasteiger partial charge >= 0.3 is 6.09 Å². The SMILES string of the molecule is CC(C)(COC(=O)NC(=O)C(Cl)(Cl)Cl)Nc1nc(N2CC=C(c3ncc4c(n3)CCC4)CC2)nc2c1[S@](=O)CC2. The zero-order chi connectivity index (χ0) is 28.7. The number of rotatable bonds is 6. The van der Waals surface area contributed by atoms with Gasteiger partial charge in [0.15, 0.2) is 5.82 Å². The zero-order valence-electron chi connectivity index (χ0n) is 21.9. The quantitative estimate of drug-likeness (QED) is 0.457. The molecule has 1 atom stereocenters. The van der Waals surface area contributed by atoms with Gasteiger partial charge in [0.25, 0.3) is 9.70 Å². The van der Waals surface area contributed by atoms with Crippen LogP contribution in [0.2, 0.25) is 0 Å². The van der Waals surface area contributed by atoms with Crippen molar-refractivity contribution in [3.05, 3.63) is 35.0 Å². The van der Waals surface area contributed by atoms with Crippen molar-refractivity contribution in [2.45, 2.75) is 60.2 Å². The number of aromatic nitrogens is 4. The van der Waals surface area contributed by atoms with Gasteiger partial charge in [-0.15, -0.1) is 0 Å². The van der Waals surface area contributed by atoms with Crippen LogP contribution in [0.1, 0.15) is 49.5 Å². The lowest BCUT2D eigenvalue weighted by Gasteiger charge is -2.30. The second kappa shape index (κ2) is 11.4. The summed E-state index contributed by atoms with van der Waals surface area (Å²) in [6.07, 6.45) is 7.49. The van der Waals surface area contributed by atoms with Crippen LogP contribution in [-0.2, 0) is 39.6 Å². The second-order valence-electron chi connectivity index (χ2n) is 10.4. The van der Waals surface area contributed by atoms with Crippen LogP contribution < -0.4 is 15.5 Å². The molecule has 4 heterocycles. The van der Waals surface area contributed by atoms with Gasteiger partial charge in [-0.05, 0) is 50.7 Å². The number of aryl methyl sites for hydroxylation is 3. The van der Waals surface area contributed by atoms with Crippen LogP contribution in [0.3, 0.4) is 0 Å². The van der Waals surface area contributed by atoms with Crippen LogP contribution in [-0.4, -0.2) is 70.9 Å². The summed E-state index contributed by atoms with van der Waals surface area (Å²) < 4.78 is 15.7. The van der Waals surface area contributed by atoms with Gasteiger partial charge in [0, 0.05) is 37.2 Å². The number of alkyl carbamates (subject to hydrolysis) is 1. The molecule has 2 aromatic rings. The molecule has 2 aromatic heterocycles. The number of nitrogens with one attached hydrogen (secondary N) is 2. The lowest BCUT2D eigenvalue weighted by Crippen LogP contribution is -2.43. The van der Waals surface area contributed by atoms with Crippen LogP contribution in [0.15, 0.2) is 17.2 Å². The van der Waals surface area contributed by atoms with Crippen LogP contribution >= 0.6 is 34.8 Å². The molecule has 0 radical (unpaired) electrons. The van der Waals surface area contributed by atoms with E-state index in [1.165, 1.54) is 5.56 Å². The van der Waals surface area contributed by atoms with Crippen LogP contribution in [0.5, 0.6) is 0 Å². The van der Waals surface area contributed by atoms with Gasteiger partial charge in [0.05, 0.1) is 22.0 Å².